The SMILES string of the molecule is Cn1cnc2ccc(Nc3n[nH]c4cccnc34)cc21. The van der Waals surface area contributed by atoms with Crippen LogP contribution in [0.1, 0.15) is 0 Å². The molecule has 2 N–H and O–H groups in total. The van der Waals surface area contributed by atoms with E-state index in [-0.39, 0.29) is 0 Å². The van der Waals surface area contributed by atoms with E-state index in [1.165, 1.54) is 0 Å². The number of hydrogen-bond acceptors (Lipinski definition) is 4. The van der Waals surface area contributed by atoms with Crippen molar-refractivity contribution in [2.24, 2.45) is 7.05 Å². The number of aromatic nitrogens is 5. The predicted octanol–water partition coefficient (Wildman–Crippen LogP) is 2.59. The van der Waals surface area contributed by atoms with Gasteiger partial charge in [-0.1, -0.05) is 0 Å². The zero-order valence-electron chi connectivity index (χ0n) is 10.8. The normalized spacial score (nSPS) is 11.2. The number of imidazole rings is 1. The van der Waals surface area contributed by atoms with Crippen molar-refractivity contribution in [3.63, 3.8) is 0 Å². The molecular weight excluding hydrogens is 252 g/mol. The summed E-state index contributed by atoms with van der Waals surface area (Å²) >= 11 is 0. The van der Waals surface area contributed by atoms with Gasteiger partial charge in [0.2, 0.25) is 0 Å². The number of rotatable bonds is 2. The van der Waals surface area contributed by atoms with Gasteiger partial charge < -0.3 is 9.88 Å². The molecule has 6 nitrogen and oxygen atoms in total. The number of nitrogens with one attached hydrogen (secondary N) is 2. The van der Waals surface area contributed by atoms with Gasteiger partial charge in [-0.05, 0) is 30.3 Å². The van der Waals surface area contributed by atoms with Crippen LogP contribution in [0.4, 0.5) is 11.5 Å². The van der Waals surface area contributed by atoms with Crippen LogP contribution in [0.25, 0.3) is 22.1 Å². The maximum atomic E-state index is 4.33. The van der Waals surface area contributed by atoms with Crippen molar-refractivity contribution in [3.8, 4) is 0 Å². The van der Waals surface area contributed by atoms with Crippen molar-refractivity contribution in [2.45, 2.75) is 0 Å². The number of nitrogens with zero attached hydrogens (tertiary/aromatic N) is 4. The summed E-state index contributed by atoms with van der Waals surface area (Å²) in [6.07, 6.45) is 3.56. The second kappa shape index (κ2) is 4.06. The first-order valence-electron chi connectivity index (χ1n) is 6.28. The third-order valence-corrected chi connectivity index (χ3v) is 3.31. The van der Waals surface area contributed by atoms with Crippen LogP contribution in [0.15, 0.2) is 42.9 Å². The van der Waals surface area contributed by atoms with Crippen molar-refractivity contribution in [3.05, 3.63) is 42.9 Å². The lowest BCUT2D eigenvalue weighted by molar-refractivity contribution is 0.948. The van der Waals surface area contributed by atoms with Crippen LogP contribution in [0.2, 0.25) is 0 Å². The molecule has 0 aliphatic carbocycles. The lowest BCUT2D eigenvalue weighted by Gasteiger charge is -2.04. The van der Waals surface area contributed by atoms with Gasteiger partial charge in [0.25, 0.3) is 0 Å². The average Bonchev–Trinajstić information content (AvgIpc) is 3.05. The fourth-order valence-corrected chi connectivity index (χ4v) is 2.28. The molecule has 0 fully saturated rings. The summed E-state index contributed by atoms with van der Waals surface area (Å²) in [7, 11) is 1.98. The third-order valence-electron chi connectivity index (χ3n) is 3.31. The lowest BCUT2D eigenvalue weighted by Crippen LogP contribution is -1.93. The molecule has 3 heterocycles. The molecule has 4 aromatic rings. The van der Waals surface area contributed by atoms with Crippen molar-refractivity contribution in [1.29, 1.82) is 0 Å². The summed E-state index contributed by atoms with van der Waals surface area (Å²) in [4.78, 5) is 8.64. The molecular formula is C14H12N6. The molecule has 0 saturated heterocycles. The minimum Gasteiger partial charge on any atom is -0.337 e. The van der Waals surface area contributed by atoms with E-state index in [0.717, 1.165) is 33.6 Å². The summed E-state index contributed by atoms with van der Waals surface area (Å²) < 4.78 is 1.99. The minimum absolute atomic E-state index is 0.724. The Morgan fingerprint density at radius 2 is 2.15 bits per heavy atom. The molecule has 0 amide bonds. The van der Waals surface area contributed by atoms with E-state index in [1.807, 2.05) is 41.9 Å². The number of fused-ring (bicyclic) bond motifs is 2. The summed E-state index contributed by atoms with van der Waals surface area (Å²) in [5, 5.41) is 10.5. The highest BCUT2D eigenvalue weighted by Gasteiger charge is 2.07. The molecule has 98 valence electrons. The Morgan fingerprint density at radius 3 is 3.10 bits per heavy atom. The van der Waals surface area contributed by atoms with Gasteiger partial charge in [0.1, 0.15) is 5.52 Å². The van der Waals surface area contributed by atoms with Gasteiger partial charge in [-0.25, -0.2) is 4.98 Å². The molecule has 6 heteroatoms. The zero-order valence-corrected chi connectivity index (χ0v) is 10.8. The molecule has 20 heavy (non-hydrogen) atoms. The lowest BCUT2D eigenvalue weighted by atomic mass is 10.2. The fraction of sp³-hybridized carbons (Fsp3) is 0.0714. The number of H-pyrrole nitrogens is 1. The van der Waals surface area contributed by atoms with Crippen LogP contribution in [0, 0.1) is 0 Å². The van der Waals surface area contributed by atoms with E-state index >= 15 is 0 Å². The summed E-state index contributed by atoms with van der Waals surface area (Å²) in [5.41, 5.74) is 4.75. The maximum absolute atomic E-state index is 4.33. The Bertz CT molecular complexity index is 904. The van der Waals surface area contributed by atoms with E-state index < -0.39 is 0 Å². The van der Waals surface area contributed by atoms with Crippen molar-refractivity contribution < 1.29 is 0 Å². The molecule has 1 aromatic carbocycles. The summed E-state index contributed by atoms with van der Waals surface area (Å²) in [5.74, 6) is 0.724. The first kappa shape index (κ1) is 11.0. The van der Waals surface area contributed by atoms with Crippen LogP contribution in [-0.2, 0) is 7.05 Å². The highest BCUT2D eigenvalue weighted by atomic mass is 15.2. The standard InChI is InChI=1S/C14H12N6/c1-20-8-16-10-5-4-9(7-12(10)20)17-14-13-11(18-19-14)3-2-6-15-13/h2-8H,1H3,(H2,17,18,19). The van der Waals surface area contributed by atoms with Gasteiger partial charge in [0, 0.05) is 18.9 Å². The minimum atomic E-state index is 0.724. The van der Waals surface area contributed by atoms with Crippen LogP contribution in [0.3, 0.4) is 0 Å². The van der Waals surface area contributed by atoms with E-state index in [1.54, 1.807) is 12.5 Å². The molecule has 0 aliphatic heterocycles. The molecule has 0 bridgehead atoms. The van der Waals surface area contributed by atoms with Gasteiger partial charge in [0.15, 0.2) is 5.82 Å². The number of aryl methyl sites for hydroxylation is 1. The van der Waals surface area contributed by atoms with Crippen LogP contribution >= 0.6 is 0 Å². The highest BCUT2D eigenvalue weighted by molar-refractivity contribution is 5.89. The number of anilines is 2. The Kier molecular flexibility index (Phi) is 2.23. The predicted molar refractivity (Wildman–Crippen MR) is 77.9 cm³/mol. The highest BCUT2D eigenvalue weighted by Crippen LogP contribution is 2.24. The molecule has 0 saturated carbocycles. The van der Waals surface area contributed by atoms with E-state index in [0.29, 0.717) is 0 Å². The maximum Gasteiger partial charge on any atom is 0.178 e. The van der Waals surface area contributed by atoms with Gasteiger partial charge in [-0.15, -0.1) is 0 Å². The van der Waals surface area contributed by atoms with Crippen molar-refractivity contribution >= 4 is 33.6 Å². The zero-order chi connectivity index (χ0) is 13.5. The Labute approximate surface area is 114 Å². The molecule has 0 spiro atoms. The molecule has 4 rings (SSSR count). The van der Waals surface area contributed by atoms with Gasteiger partial charge >= 0.3 is 0 Å². The van der Waals surface area contributed by atoms with E-state index in [4.69, 9.17) is 0 Å². The van der Waals surface area contributed by atoms with Crippen LogP contribution in [-0.4, -0.2) is 24.7 Å². The van der Waals surface area contributed by atoms with Crippen LogP contribution < -0.4 is 5.32 Å². The quantitative estimate of drug-likeness (QED) is 0.583. The van der Waals surface area contributed by atoms with Crippen molar-refractivity contribution in [2.75, 3.05) is 5.32 Å². The average molecular weight is 264 g/mol. The largest absolute Gasteiger partial charge is 0.337 e. The summed E-state index contributed by atoms with van der Waals surface area (Å²) in [6.45, 7) is 0. The smallest absolute Gasteiger partial charge is 0.178 e. The second-order valence-corrected chi connectivity index (χ2v) is 4.66. The number of aromatic amines is 1. The molecule has 0 atom stereocenters. The van der Waals surface area contributed by atoms with Crippen molar-refractivity contribution in [1.82, 2.24) is 24.7 Å². The Morgan fingerprint density at radius 1 is 1.20 bits per heavy atom. The first-order chi connectivity index (χ1) is 9.81. The van der Waals surface area contributed by atoms with Gasteiger partial charge in [0.05, 0.1) is 22.9 Å². The molecule has 0 aliphatic rings. The third kappa shape index (κ3) is 1.62. The van der Waals surface area contributed by atoms with Crippen LogP contribution in [0.5, 0.6) is 0 Å². The molecule has 3 aromatic heterocycles. The Hall–Kier alpha value is -2.89. The monoisotopic (exact) mass is 264 g/mol. The number of benzene rings is 1. The number of hydrogen-bond donors (Lipinski definition) is 2. The molecule has 0 unspecified atom stereocenters. The van der Waals surface area contributed by atoms with E-state index in [2.05, 4.69) is 25.5 Å². The first-order valence-corrected chi connectivity index (χ1v) is 6.28. The second-order valence-electron chi connectivity index (χ2n) is 4.66. The topological polar surface area (TPSA) is 71.4 Å². The summed E-state index contributed by atoms with van der Waals surface area (Å²) in [6, 6.07) is 9.85. The molecule has 0 radical (unpaired) electrons. The Balaban J connectivity index is 1.78. The number of pyridine rings is 1. The van der Waals surface area contributed by atoms with Gasteiger partial charge in [-0.2, -0.15) is 5.10 Å². The fourth-order valence-electron chi connectivity index (χ4n) is 2.28. The van der Waals surface area contributed by atoms with E-state index in [9.17, 15) is 0 Å². The van der Waals surface area contributed by atoms with Gasteiger partial charge in [-0.3, -0.25) is 10.1 Å².